The molecule has 16 heteroatoms. The molecular weight excluding hydrogens is 849 g/mol. The van der Waals surface area contributed by atoms with Gasteiger partial charge in [-0.25, -0.2) is 9.13 Å². The molecule has 58 heavy (non-hydrogen) atoms. The Labute approximate surface area is 385 Å². The van der Waals surface area contributed by atoms with Gasteiger partial charge in [0.15, 0.2) is 0 Å². The minimum Gasteiger partial charge on any atom is -1.00 e. The van der Waals surface area contributed by atoms with Gasteiger partial charge in [-0.2, -0.15) is 0 Å². The first-order valence-electron chi connectivity index (χ1n) is 20.1. The summed E-state index contributed by atoms with van der Waals surface area (Å²) < 4.78 is 64.9. The summed E-state index contributed by atoms with van der Waals surface area (Å²) in [6.07, 6.45) is 1.52. The Bertz CT molecular complexity index is 1660. The van der Waals surface area contributed by atoms with Gasteiger partial charge in [-0.05, 0) is 116 Å². The number of ether oxygens (including phenoxy) is 2. The van der Waals surface area contributed by atoms with E-state index in [1.54, 1.807) is 51.2 Å². The third-order valence-electron chi connectivity index (χ3n) is 12.4. The Hall–Kier alpha value is 0.570. The van der Waals surface area contributed by atoms with Crippen LogP contribution in [0.1, 0.15) is 111 Å². The standard InChI is InChI=1S/C21H33O5PS.C15H22O2S.C6H12ClO3P.Na.H/c1-8-17-14(2)15(3)18(19(23-17)28-16-12-10-9-11-13-16)24-27(22)25-20(4,5)21(6,7)26-27;1-4-13-10(2)11(3)14(16)15(17-13)18-12-8-6-5-7-9-12;1-5(2)6(3,4)10-11(7,8)9-5;;/h9-15,17-19H,8H2,1-7H3;5-11,13-16H,4H2,1-3H3;1-4H3;;/q;;;+1;-1. The van der Waals surface area contributed by atoms with Crippen molar-refractivity contribution in [2.45, 2.75) is 177 Å². The van der Waals surface area contributed by atoms with E-state index in [2.05, 4.69) is 53.7 Å². The normalized spacial score (nSPS) is 35.0. The first-order chi connectivity index (χ1) is 26.3. The molecular formula is C42H68ClNaO10P2S2. The molecule has 10 unspecified atom stereocenters. The van der Waals surface area contributed by atoms with Crippen molar-refractivity contribution in [2.24, 2.45) is 23.7 Å². The smallest absolute Gasteiger partial charge is 1.00 e. The fraction of sp³-hybridized carbons (Fsp3) is 0.714. The summed E-state index contributed by atoms with van der Waals surface area (Å²) in [5, 5.41) is 10.3. The molecule has 4 saturated heterocycles. The first kappa shape index (κ1) is 52.9. The molecule has 2 aromatic carbocycles. The van der Waals surface area contributed by atoms with Crippen LogP contribution in [0.5, 0.6) is 0 Å². The van der Waals surface area contributed by atoms with Gasteiger partial charge in [0.1, 0.15) is 39.4 Å². The molecule has 0 amide bonds. The monoisotopic (exact) mass is 916 g/mol. The summed E-state index contributed by atoms with van der Waals surface area (Å²) in [5.41, 5.74) is -3.04. The molecule has 326 valence electrons. The van der Waals surface area contributed by atoms with Gasteiger partial charge in [-0.1, -0.05) is 101 Å². The number of halogens is 1. The van der Waals surface area contributed by atoms with Crippen LogP contribution in [-0.2, 0) is 41.2 Å². The largest absolute Gasteiger partial charge is 1.00 e. The van der Waals surface area contributed by atoms with Crippen LogP contribution in [0.3, 0.4) is 0 Å². The molecule has 1 N–H and O–H groups in total. The Morgan fingerprint density at radius 2 is 1.00 bits per heavy atom. The molecule has 6 rings (SSSR count). The minimum absolute atomic E-state index is 0. The van der Waals surface area contributed by atoms with Gasteiger partial charge in [-0.15, -0.1) is 0 Å². The zero-order chi connectivity index (χ0) is 42.8. The Morgan fingerprint density at radius 3 is 1.38 bits per heavy atom. The Kier molecular flexibility index (Phi) is 19.2. The van der Waals surface area contributed by atoms with Crippen molar-refractivity contribution < 1.29 is 77.3 Å². The topological polar surface area (TPSA) is 119 Å². The van der Waals surface area contributed by atoms with Crippen molar-refractivity contribution >= 4 is 49.5 Å². The summed E-state index contributed by atoms with van der Waals surface area (Å²) >= 11 is 8.67. The van der Waals surface area contributed by atoms with Crippen LogP contribution in [0.4, 0.5) is 0 Å². The van der Waals surface area contributed by atoms with Gasteiger partial charge >= 0.3 is 44.3 Å². The molecule has 0 aliphatic carbocycles. The molecule has 0 spiro atoms. The van der Waals surface area contributed by atoms with Crippen LogP contribution in [0.2, 0.25) is 0 Å². The van der Waals surface area contributed by atoms with Crippen molar-refractivity contribution in [2.75, 3.05) is 0 Å². The van der Waals surface area contributed by atoms with E-state index in [-0.39, 0.29) is 71.8 Å². The molecule has 4 aliphatic heterocycles. The van der Waals surface area contributed by atoms with Crippen LogP contribution in [0, 0.1) is 23.7 Å². The number of phosphoric acid groups is 1. The van der Waals surface area contributed by atoms with Crippen LogP contribution >= 0.6 is 49.5 Å². The molecule has 10 nitrogen and oxygen atoms in total. The second-order valence-corrected chi connectivity index (χ2v) is 23.8. The molecule has 0 aromatic heterocycles. The van der Waals surface area contributed by atoms with E-state index in [4.69, 9.17) is 43.3 Å². The summed E-state index contributed by atoms with van der Waals surface area (Å²) in [6, 6.07) is 20.2. The van der Waals surface area contributed by atoms with Gasteiger partial charge in [0.05, 0.1) is 18.3 Å². The van der Waals surface area contributed by atoms with Gasteiger partial charge in [-0.3, -0.25) is 22.6 Å². The van der Waals surface area contributed by atoms with Crippen LogP contribution in [0.15, 0.2) is 70.5 Å². The minimum atomic E-state index is -3.71. The van der Waals surface area contributed by atoms with Gasteiger partial charge < -0.3 is 16.0 Å². The van der Waals surface area contributed by atoms with E-state index >= 15 is 0 Å². The number of aliphatic hydroxyl groups excluding tert-OH is 1. The quantitative estimate of drug-likeness (QED) is 0.201. The van der Waals surface area contributed by atoms with E-state index in [0.29, 0.717) is 5.92 Å². The summed E-state index contributed by atoms with van der Waals surface area (Å²) in [4.78, 5) is 2.24. The number of thioether (sulfide) groups is 2. The number of benzene rings is 2. The fourth-order valence-corrected chi connectivity index (χ4v) is 14.2. The van der Waals surface area contributed by atoms with Gasteiger partial charge in [0.2, 0.25) is 0 Å². The average Bonchev–Trinajstić information content (AvgIpc) is 3.39. The Morgan fingerprint density at radius 1 is 0.638 bits per heavy atom. The second-order valence-electron chi connectivity index (χ2n) is 17.5. The molecule has 0 bridgehead atoms. The predicted molar refractivity (Wildman–Crippen MR) is 233 cm³/mol. The molecule has 10 atom stereocenters. The maximum atomic E-state index is 13.4. The molecule has 0 saturated carbocycles. The fourth-order valence-electron chi connectivity index (χ4n) is 6.85. The maximum Gasteiger partial charge on any atom is 1.00 e. The summed E-state index contributed by atoms with van der Waals surface area (Å²) in [5.74, 6) is 1.12. The van der Waals surface area contributed by atoms with E-state index in [1.165, 1.54) is 0 Å². The molecule has 4 fully saturated rings. The molecule has 0 radical (unpaired) electrons. The number of rotatable bonds is 8. The molecule has 4 aliphatic rings. The number of hydrogen-bond donors (Lipinski definition) is 1. The Balaban J connectivity index is 0.000000332. The van der Waals surface area contributed by atoms with Crippen molar-refractivity contribution in [1.82, 2.24) is 0 Å². The molecule has 2 aromatic rings. The van der Waals surface area contributed by atoms with Crippen molar-refractivity contribution in [1.29, 1.82) is 0 Å². The van der Waals surface area contributed by atoms with Crippen LogP contribution in [-0.4, -0.2) is 62.8 Å². The zero-order valence-corrected chi connectivity index (χ0v) is 43.3. The predicted octanol–water partition coefficient (Wildman–Crippen LogP) is 9.88. The third-order valence-corrected chi connectivity index (χ3v) is 18.3. The van der Waals surface area contributed by atoms with Gasteiger partial charge in [0, 0.05) is 21.0 Å². The van der Waals surface area contributed by atoms with E-state index in [9.17, 15) is 14.2 Å². The second kappa shape index (κ2) is 21.0. The number of aliphatic hydroxyl groups is 1. The summed E-state index contributed by atoms with van der Waals surface area (Å²) in [7, 11) is -3.71. The average molecular weight is 918 g/mol. The third kappa shape index (κ3) is 13.1. The maximum absolute atomic E-state index is 13.4. The van der Waals surface area contributed by atoms with E-state index in [1.807, 2.05) is 76.2 Å². The zero-order valence-electron chi connectivity index (χ0n) is 38.2. The van der Waals surface area contributed by atoms with Crippen LogP contribution in [0.25, 0.3) is 0 Å². The number of hydrogen-bond acceptors (Lipinski definition) is 12. The van der Waals surface area contributed by atoms with E-state index < -0.39 is 49.4 Å². The van der Waals surface area contributed by atoms with Gasteiger partial charge in [0.25, 0.3) is 0 Å². The first-order valence-corrected chi connectivity index (χ1v) is 25.8. The van der Waals surface area contributed by atoms with Crippen molar-refractivity contribution in [3.05, 3.63) is 60.7 Å². The SMILES string of the molecule is CC1(C)OP(=O)(Cl)OC1(C)C.CCC1OC(Sc2ccccc2)C(O)C(C)C1C.CCC1OC(Sc2ccccc2)C(OP2(=O)OC(C)(C)C(C)(C)O2)C(C)C1C.[H-].[Na+]. The van der Waals surface area contributed by atoms with Crippen molar-refractivity contribution in [3.63, 3.8) is 0 Å². The van der Waals surface area contributed by atoms with Crippen LogP contribution < -0.4 is 29.6 Å². The number of phosphoric ester groups is 1. The van der Waals surface area contributed by atoms with Crippen molar-refractivity contribution in [3.8, 4) is 0 Å². The van der Waals surface area contributed by atoms with E-state index in [0.717, 1.165) is 22.6 Å². The summed E-state index contributed by atoms with van der Waals surface area (Å²) in [6.45, 7) is 24.3. The molecule has 4 heterocycles.